The van der Waals surface area contributed by atoms with Gasteiger partial charge in [0.05, 0.1) is 17.5 Å². The molecule has 2 N–H and O–H groups in total. The van der Waals surface area contributed by atoms with Crippen LogP contribution in [0.2, 0.25) is 5.02 Å². The van der Waals surface area contributed by atoms with E-state index in [-0.39, 0.29) is 28.7 Å². The number of benzene rings is 2. The second-order valence-corrected chi connectivity index (χ2v) is 13.6. The molecular formula is C26H32ClN5O3S2. The van der Waals surface area contributed by atoms with Gasteiger partial charge in [-0.3, -0.25) is 14.7 Å². The first-order valence-corrected chi connectivity index (χ1v) is 15.7. The second kappa shape index (κ2) is 11.2. The topological polar surface area (TPSA) is 94.1 Å². The van der Waals surface area contributed by atoms with E-state index >= 15 is 0 Å². The van der Waals surface area contributed by atoms with Crippen molar-refractivity contribution in [1.29, 1.82) is 0 Å². The van der Waals surface area contributed by atoms with Gasteiger partial charge in [0.15, 0.2) is 15.0 Å². The number of carbonyl (C=O) groups is 1. The SMILES string of the molecule is Cc1ccc(Cl)cc1N1CCN(CCCNC(=O)c2ccc(NC3=N[C@H]4CS(=O)(=O)C[C@H]4S3)cc2)CC1. The summed E-state index contributed by atoms with van der Waals surface area (Å²) in [5.41, 5.74) is 3.90. The zero-order chi connectivity index (χ0) is 26.0. The monoisotopic (exact) mass is 561 g/mol. The number of piperazine rings is 1. The van der Waals surface area contributed by atoms with Gasteiger partial charge in [-0.15, -0.1) is 0 Å². The quantitative estimate of drug-likeness (QED) is 0.501. The third kappa shape index (κ3) is 6.60. The van der Waals surface area contributed by atoms with Crippen LogP contribution in [0.3, 0.4) is 0 Å². The number of amidine groups is 1. The van der Waals surface area contributed by atoms with E-state index in [9.17, 15) is 13.2 Å². The zero-order valence-electron chi connectivity index (χ0n) is 20.8. The molecule has 0 radical (unpaired) electrons. The average molecular weight is 562 g/mol. The molecule has 2 fully saturated rings. The maximum Gasteiger partial charge on any atom is 0.251 e. The lowest BCUT2D eigenvalue weighted by Gasteiger charge is -2.37. The minimum Gasteiger partial charge on any atom is -0.369 e. The molecule has 0 aliphatic carbocycles. The molecule has 2 aromatic carbocycles. The molecule has 1 amide bonds. The van der Waals surface area contributed by atoms with Crippen LogP contribution >= 0.6 is 23.4 Å². The molecule has 3 aliphatic heterocycles. The van der Waals surface area contributed by atoms with Crippen LogP contribution in [0.4, 0.5) is 11.4 Å². The van der Waals surface area contributed by atoms with E-state index in [1.807, 2.05) is 24.3 Å². The lowest BCUT2D eigenvalue weighted by atomic mass is 10.1. The Labute approximate surface area is 227 Å². The van der Waals surface area contributed by atoms with Crippen LogP contribution in [-0.4, -0.2) is 86.5 Å². The highest BCUT2D eigenvalue weighted by Gasteiger charge is 2.42. The number of amides is 1. The van der Waals surface area contributed by atoms with Gasteiger partial charge >= 0.3 is 0 Å². The highest BCUT2D eigenvalue weighted by molar-refractivity contribution is 8.15. The van der Waals surface area contributed by atoms with Crippen LogP contribution in [-0.2, 0) is 9.84 Å². The summed E-state index contributed by atoms with van der Waals surface area (Å²) in [6.45, 7) is 7.64. The molecule has 11 heteroatoms. The number of nitrogens with zero attached hydrogens (tertiary/aromatic N) is 3. The van der Waals surface area contributed by atoms with Gasteiger partial charge in [0.25, 0.3) is 5.91 Å². The zero-order valence-corrected chi connectivity index (χ0v) is 23.2. The van der Waals surface area contributed by atoms with Gasteiger partial charge in [-0.05, 0) is 61.9 Å². The summed E-state index contributed by atoms with van der Waals surface area (Å²) in [5.74, 6) is 0.239. The molecule has 0 bridgehead atoms. The second-order valence-electron chi connectivity index (χ2n) is 9.81. The number of hydrogen-bond donors (Lipinski definition) is 2. The summed E-state index contributed by atoms with van der Waals surface area (Å²) in [6, 6.07) is 13.2. The summed E-state index contributed by atoms with van der Waals surface area (Å²) >= 11 is 7.67. The van der Waals surface area contributed by atoms with Gasteiger partial charge in [-0.25, -0.2) is 8.42 Å². The molecule has 0 saturated carbocycles. The van der Waals surface area contributed by atoms with Crippen LogP contribution in [0.15, 0.2) is 47.5 Å². The van der Waals surface area contributed by atoms with Crippen LogP contribution in [0.25, 0.3) is 0 Å². The Hall–Kier alpha value is -2.27. The Morgan fingerprint density at radius 2 is 1.86 bits per heavy atom. The van der Waals surface area contributed by atoms with Crippen molar-refractivity contribution in [3.05, 3.63) is 58.6 Å². The third-order valence-corrected chi connectivity index (χ3v) is 10.4. The number of aryl methyl sites for hydroxylation is 1. The molecule has 3 aliphatic rings. The molecule has 198 valence electrons. The van der Waals surface area contributed by atoms with Crippen molar-refractivity contribution in [2.75, 3.05) is 61.0 Å². The van der Waals surface area contributed by atoms with Crippen molar-refractivity contribution in [1.82, 2.24) is 10.2 Å². The first-order valence-electron chi connectivity index (χ1n) is 12.6. The maximum absolute atomic E-state index is 12.6. The van der Waals surface area contributed by atoms with Crippen LogP contribution in [0, 0.1) is 6.92 Å². The van der Waals surface area contributed by atoms with Crippen LogP contribution in [0.1, 0.15) is 22.3 Å². The number of carbonyl (C=O) groups excluding carboxylic acids is 1. The summed E-state index contributed by atoms with van der Waals surface area (Å²) in [7, 11) is -2.96. The summed E-state index contributed by atoms with van der Waals surface area (Å²) in [4.78, 5) is 21.9. The van der Waals surface area contributed by atoms with E-state index in [0.717, 1.165) is 55.0 Å². The molecule has 5 rings (SSSR count). The van der Waals surface area contributed by atoms with Crippen molar-refractivity contribution >= 4 is 55.6 Å². The molecule has 2 aromatic rings. The number of halogens is 1. The normalized spacial score (nSPS) is 23.0. The first kappa shape index (κ1) is 26.3. The van der Waals surface area contributed by atoms with Gasteiger partial charge in [-0.2, -0.15) is 0 Å². The summed E-state index contributed by atoms with van der Waals surface area (Å²) < 4.78 is 23.4. The number of anilines is 2. The number of fused-ring (bicyclic) bond motifs is 1. The van der Waals surface area contributed by atoms with Crippen LogP contribution < -0.4 is 15.5 Å². The summed E-state index contributed by atoms with van der Waals surface area (Å²) in [6.07, 6.45) is 0.899. The molecule has 8 nitrogen and oxygen atoms in total. The molecule has 0 unspecified atom stereocenters. The fraction of sp³-hybridized carbons (Fsp3) is 0.462. The standard InChI is InChI=1S/C26H32ClN5O3S2/c1-18-3-6-20(27)15-23(18)32-13-11-31(12-14-32)10-2-9-28-25(33)19-4-7-21(8-5-19)29-26-30-22-16-37(34,35)17-24(22)36-26/h3-8,15,22,24H,2,9-14,16-17H2,1H3,(H,28,33)(H,29,30)/t22-,24+/m0/s1. The number of nitrogens with one attached hydrogen (secondary N) is 2. The van der Waals surface area contributed by atoms with Gasteiger partial charge in [0.1, 0.15) is 0 Å². The number of thioether (sulfide) groups is 1. The first-order chi connectivity index (χ1) is 17.8. The van der Waals surface area contributed by atoms with Gasteiger partial charge in [0.2, 0.25) is 0 Å². The van der Waals surface area contributed by atoms with Crippen molar-refractivity contribution < 1.29 is 13.2 Å². The minimum absolute atomic E-state index is 0.00795. The number of hydrogen-bond acceptors (Lipinski definition) is 8. The number of aliphatic imine (C=N–C) groups is 1. The van der Waals surface area contributed by atoms with Gasteiger partial charge < -0.3 is 15.5 Å². The van der Waals surface area contributed by atoms with E-state index in [1.54, 1.807) is 12.1 Å². The van der Waals surface area contributed by atoms with Gasteiger partial charge in [0, 0.05) is 59.9 Å². The van der Waals surface area contributed by atoms with Crippen molar-refractivity contribution in [3.63, 3.8) is 0 Å². The summed E-state index contributed by atoms with van der Waals surface area (Å²) in [5, 5.41) is 7.78. The molecule has 2 saturated heterocycles. The van der Waals surface area contributed by atoms with E-state index in [0.29, 0.717) is 12.1 Å². The molecule has 3 heterocycles. The Kier molecular flexibility index (Phi) is 7.99. The highest BCUT2D eigenvalue weighted by Crippen LogP contribution is 2.34. The van der Waals surface area contributed by atoms with E-state index in [2.05, 4.69) is 38.4 Å². The van der Waals surface area contributed by atoms with E-state index in [4.69, 9.17) is 11.6 Å². The maximum atomic E-state index is 12.6. The highest BCUT2D eigenvalue weighted by atomic mass is 35.5. The predicted octanol–water partition coefficient (Wildman–Crippen LogP) is 3.27. The lowest BCUT2D eigenvalue weighted by molar-refractivity contribution is 0.0951. The minimum atomic E-state index is -2.96. The van der Waals surface area contributed by atoms with Crippen molar-refractivity contribution in [2.45, 2.75) is 24.6 Å². The van der Waals surface area contributed by atoms with Crippen molar-refractivity contribution in [3.8, 4) is 0 Å². The predicted molar refractivity (Wildman–Crippen MR) is 153 cm³/mol. The molecule has 37 heavy (non-hydrogen) atoms. The molecule has 2 atom stereocenters. The largest absolute Gasteiger partial charge is 0.369 e. The fourth-order valence-electron chi connectivity index (χ4n) is 4.99. The Morgan fingerprint density at radius 3 is 2.59 bits per heavy atom. The van der Waals surface area contributed by atoms with Crippen LogP contribution in [0.5, 0.6) is 0 Å². The van der Waals surface area contributed by atoms with Crippen molar-refractivity contribution in [2.24, 2.45) is 4.99 Å². The molecule has 0 spiro atoms. The smallest absolute Gasteiger partial charge is 0.251 e. The third-order valence-electron chi connectivity index (χ3n) is 7.04. The van der Waals surface area contributed by atoms with Gasteiger partial charge in [-0.1, -0.05) is 29.4 Å². The fourth-order valence-corrected chi connectivity index (χ4v) is 8.83. The molecular weight excluding hydrogens is 530 g/mol. The average Bonchev–Trinajstić information content (AvgIpc) is 3.36. The van der Waals surface area contributed by atoms with E-state index in [1.165, 1.54) is 23.0 Å². The Bertz CT molecular complexity index is 1280. The number of sulfone groups is 1. The molecule has 0 aromatic heterocycles. The number of rotatable bonds is 7. The van der Waals surface area contributed by atoms with E-state index < -0.39 is 9.84 Å². The lowest BCUT2D eigenvalue weighted by Crippen LogP contribution is -2.47. The Morgan fingerprint density at radius 1 is 1.11 bits per heavy atom. The Balaban J connectivity index is 1.01.